The lowest BCUT2D eigenvalue weighted by Crippen LogP contribution is -2.35. The molecule has 13 heteroatoms. The van der Waals surface area contributed by atoms with Crippen LogP contribution in [0.5, 0.6) is 0 Å². The molecule has 0 amide bonds. The van der Waals surface area contributed by atoms with Crippen LogP contribution in [0.1, 0.15) is 60.7 Å². The molecule has 0 bridgehead atoms. The number of aromatic nitrogens is 5. The largest absolute Gasteiger partial charge is 0.413 e. The number of nitrogens with zero attached hydrogens (tertiary/aromatic N) is 6. The number of hydrogen-bond acceptors (Lipinski definition) is 7. The van der Waals surface area contributed by atoms with Crippen molar-refractivity contribution in [2.45, 2.75) is 62.8 Å². The van der Waals surface area contributed by atoms with Crippen LogP contribution in [0.4, 0.5) is 28.9 Å². The molecule has 4 atom stereocenters. The molecular weight excluding hydrogens is 572 g/mol. The molecule has 8 nitrogen and oxygen atoms in total. The summed E-state index contributed by atoms with van der Waals surface area (Å²) >= 11 is 6.70. The molecule has 3 aromatic heterocycles. The molecule has 3 aliphatic rings. The van der Waals surface area contributed by atoms with Crippen LogP contribution in [0.3, 0.4) is 0 Å². The summed E-state index contributed by atoms with van der Waals surface area (Å²) < 4.78 is 56.3. The molecule has 0 radical (unpaired) electrons. The van der Waals surface area contributed by atoms with Crippen molar-refractivity contribution < 1.29 is 17.6 Å². The molecule has 0 saturated heterocycles. The van der Waals surface area contributed by atoms with Gasteiger partial charge in [-0.3, -0.25) is 4.98 Å². The zero-order valence-corrected chi connectivity index (χ0v) is 23.1. The molecule has 2 N–H and O–H groups in total. The number of pyridine rings is 2. The Bertz CT molecular complexity index is 1750. The van der Waals surface area contributed by atoms with Crippen LogP contribution in [-0.2, 0) is 5.54 Å². The normalized spacial score (nSPS) is 22.8. The van der Waals surface area contributed by atoms with Crippen molar-refractivity contribution in [3.63, 3.8) is 0 Å². The van der Waals surface area contributed by atoms with E-state index in [4.69, 9.17) is 11.6 Å². The van der Waals surface area contributed by atoms with Gasteiger partial charge >= 0.3 is 6.18 Å². The summed E-state index contributed by atoms with van der Waals surface area (Å²) in [6, 6.07) is 7.82. The first-order valence-electron chi connectivity index (χ1n) is 13.8. The minimum atomic E-state index is -4.48. The third-order valence-corrected chi connectivity index (χ3v) is 9.26. The molecule has 4 aromatic rings. The highest BCUT2D eigenvalue weighted by Crippen LogP contribution is 2.55. The van der Waals surface area contributed by atoms with E-state index in [-0.39, 0.29) is 24.6 Å². The second kappa shape index (κ2) is 9.52. The van der Waals surface area contributed by atoms with Crippen molar-refractivity contribution in [3.05, 3.63) is 70.1 Å². The van der Waals surface area contributed by atoms with Crippen molar-refractivity contribution in [2.24, 2.45) is 11.8 Å². The Morgan fingerprint density at radius 1 is 1.19 bits per heavy atom. The van der Waals surface area contributed by atoms with E-state index in [1.54, 1.807) is 19.1 Å². The summed E-state index contributed by atoms with van der Waals surface area (Å²) in [5.41, 5.74) is 1.02. The minimum absolute atomic E-state index is 0.0818. The maximum atomic E-state index is 13.9. The van der Waals surface area contributed by atoms with E-state index in [2.05, 4.69) is 37.0 Å². The topological polar surface area (TPSA) is 104 Å². The first-order chi connectivity index (χ1) is 20.1. The van der Waals surface area contributed by atoms with Crippen molar-refractivity contribution in [1.82, 2.24) is 25.0 Å². The highest BCUT2D eigenvalue weighted by atomic mass is 35.5. The van der Waals surface area contributed by atoms with E-state index < -0.39 is 23.7 Å². The summed E-state index contributed by atoms with van der Waals surface area (Å²) in [4.78, 5) is 8.34. The van der Waals surface area contributed by atoms with Crippen molar-refractivity contribution in [1.29, 1.82) is 5.26 Å². The molecule has 0 spiro atoms. The fourth-order valence-electron chi connectivity index (χ4n) is 6.49. The quantitative estimate of drug-likeness (QED) is 0.182. The fourth-order valence-corrected chi connectivity index (χ4v) is 6.76. The van der Waals surface area contributed by atoms with E-state index in [0.717, 1.165) is 17.5 Å². The minimum Gasteiger partial charge on any atom is -0.380 e. The third kappa shape index (κ3) is 4.33. The molecule has 3 heterocycles. The monoisotopic (exact) mass is 596 g/mol. The molecule has 3 aliphatic carbocycles. The molecular formula is C29H25ClF4N8. The standard InChI is InChI=1S/C29H25ClF4N8/c1-14-17(5-6-23(31)37-14)27(22-13-42(41-40-22)28(7-8-28)29(32,33)34)38-16-9-20-24(39-25-18-3-2-4-19(18)25)15(11-35)12-36-26(20)21(30)10-16/h5-6,9-10,12-13,18-19,25,27,38H,2-4,7-8H2,1H3,(H,36,39)/t18-,19+,25?,27?. The number of nitrogens with one attached hydrogen (secondary N) is 2. The number of anilines is 2. The zero-order chi connectivity index (χ0) is 29.4. The van der Waals surface area contributed by atoms with Crippen molar-refractivity contribution in [3.8, 4) is 6.07 Å². The first-order valence-corrected chi connectivity index (χ1v) is 14.2. The summed E-state index contributed by atoms with van der Waals surface area (Å²) in [6.45, 7) is 1.61. The van der Waals surface area contributed by atoms with Crippen LogP contribution in [0.15, 0.2) is 36.7 Å². The van der Waals surface area contributed by atoms with Gasteiger partial charge in [0.1, 0.15) is 11.8 Å². The average molecular weight is 597 g/mol. The Hall–Kier alpha value is -3.98. The summed E-state index contributed by atoms with van der Waals surface area (Å²) in [5.74, 6) is 0.491. The maximum absolute atomic E-state index is 13.9. The van der Waals surface area contributed by atoms with Gasteiger partial charge in [0.25, 0.3) is 0 Å². The molecule has 1 aromatic carbocycles. The lowest BCUT2D eigenvalue weighted by atomic mass is 10.0. The second-order valence-electron chi connectivity index (χ2n) is 11.4. The van der Waals surface area contributed by atoms with E-state index >= 15 is 0 Å². The van der Waals surface area contributed by atoms with E-state index in [9.17, 15) is 22.8 Å². The molecule has 0 aliphatic heterocycles. The lowest BCUT2D eigenvalue weighted by Gasteiger charge is -2.22. The van der Waals surface area contributed by atoms with Crippen LogP contribution in [-0.4, -0.2) is 37.2 Å². The summed E-state index contributed by atoms with van der Waals surface area (Å²) in [6.07, 6.45) is 1.66. The van der Waals surface area contributed by atoms with E-state index in [1.165, 1.54) is 30.9 Å². The van der Waals surface area contributed by atoms with Crippen LogP contribution in [0.25, 0.3) is 10.9 Å². The van der Waals surface area contributed by atoms with Gasteiger partial charge in [-0.15, -0.1) is 5.10 Å². The fraction of sp³-hybridized carbons (Fsp3) is 0.414. The van der Waals surface area contributed by atoms with Crippen LogP contribution in [0, 0.1) is 36.0 Å². The summed E-state index contributed by atoms with van der Waals surface area (Å²) in [7, 11) is 0. The number of benzene rings is 1. The molecule has 3 fully saturated rings. The Morgan fingerprint density at radius 3 is 2.62 bits per heavy atom. The van der Waals surface area contributed by atoms with E-state index in [1.807, 2.05) is 0 Å². The number of nitriles is 1. The van der Waals surface area contributed by atoms with Crippen LogP contribution >= 0.6 is 11.6 Å². The van der Waals surface area contributed by atoms with Crippen molar-refractivity contribution in [2.75, 3.05) is 10.6 Å². The van der Waals surface area contributed by atoms with Gasteiger partial charge in [0.2, 0.25) is 5.95 Å². The van der Waals surface area contributed by atoms with Gasteiger partial charge in [-0.05, 0) is 62.6 Å². The number of aryl methyl sites for hydroxylation is 1. The molecule has 216 valence electrons. The average Bonchev–Trinajstić information content (AvgIpc) is 3.73. The Labute approximate surface area is 243 Å². The van der Waals surface area contributed by atoms with Gasteiger partial charge in [0, 0.05) is 34.6 Å². The number of hydrogen-bond donors (Lipinski definition) is 2. The van der Waals surface area contributed by atoms with E-state index in [0.29, 0.717) is 56.0 Å². The second-order valence-corrected chi connectivity index (χ2v) is 11.9. The zero-order valence-electron chi connectivity index (χ0n) is 22.4. The number of halogens is 5. The number of fused-ring (bicyclic) bond motifs is 2. The highest BCUT2D eigenvalue weighted by molar-refractivity contribution is 6.35. The molecule has 3 saturated carbocycles. The highest BCUT2D eigenvalue weighted by Gasteiger charge is 2.66. The van der Waals surface area contributed by atoms with Gasteiger partial charge in [0.15, 0.2) is 5.54 Å². The predicted octanol–water partition coefficient (Wildman–Crippen LogP) is 6.66. The SMILES string of the molecule is Cc1nc(F)ccc1C(Nc1cc(Cl)c2ncc(C#N)c(NC3[C@H]4CCC[C@@H]34)c2c1)c1cn(C2(C(F)(F)F)CC2)nn1. The van der Waals surface area contributed by atoms with Gasteiger partial charge < -0.3 is 10.6 Å². The van der Waals surface area contributed by atoms with Crippen LogP contribution in [0.2, 0.25) is 5.02 Å². The Kier molecular flexibility index (Phi) is 6.10. The van der Waals surface area contributed by atoms with Gasteiger partial charge in [0.05, 0.1) is 34.0 Å². The van der Waals surface area contributed by atoms with Gasteiger partial charge in [-0.2, -0.15) is 22.8 Å². The molecule has 2 unspecified atom stereocenters. The van der Waals surface area contributed by atoms with Gasteiger partial charge in [-0.1, -0.05) is 29.3 Å². The number of rotatable bonds is 7. The Morgan fingerprint density at radius 2 is 1.95 bits per heavy atom. The van der Waals surface area contributed by atoms with Gasteiger partial charge in [-0.25, -0.2) is 9.67 Å². The summed E-state index contributed by atoms with van der Waals surface area (Å²) in [5, 5.41) is 25.7. The maximum Gasteiger partial charge on any atom is 0.413 e. The molecule has 7 rings (SSSR count). The van der Waals surface area contributed by atoms with Crippen molar-refractivity contribution >= 4 is 33.9 Å². The first kappa shape index (κ1) is 26.9. The van der Waals surface area contributed by atoms with Crippen LogP contribution < -0.4 is 10.6 Å². The lowest BCUT2D eigenvalue weighted by molar-refractivity contribution is -0.182. The number of alkyl halides is 3. The predicted molar refractivity (Wildman–Crippen MR) is 147 cm³/mol. The Balaban J connectivity index is 1.30. The molecule has 42 heavy (non-hydrogen) atoms. The third-order valence-electron chi connectivity index (χ3n) is 8.97. The smallest absolute Gasteiger partial charge is 0.380 e.